The molecule has 0 atom stereocenters. The van der Waals surface area contributed by atoms with Crippen molar-refractivity contribution in [3.63, 3.8) is 0 Å². The summed E-state index contributed by atoms with van der Waals surface area (Å²) in [6, 6.07) is 13.0. The monoisotopic (exact) mass is 413 g/mol. The van der Waals surface area contributed by atoms with E-state index in [4.69, 9.17) is 4.74 Å². The number of benzene rings is 2. The molecule has 29 heavy (non-hydrogen) atoms. The third kappa shape index (κ3) is 5.61. The molecule has 2 amide bonds. The number of carbonyl (C=O) groups excluding carboxylic acids is 2. The Morgan fingerprint density at radius 1 is 1.14 bits per heavy atom. The number of anilines is 1. The number of hydrogen-bond acceptors (Lipinski definition) is 5. The third-order valence-corrected chi connectivity index (χ3v) is 5.10. The van der Waals surface area contributed by atoms with E-state index in [-0.39, 0.29) is 30.6 Å². The number of halogens is 1. The minimum Gasteiger partial charge on any atom is -0.497 e. The first-order valence-electron chi connectivity index (χ1n) is 8.83. The maximum Gasteiger partial charge on any atom is 0.243 e. The number of likely N-dealkylation sites (N-methyl/N-ethyl adjacent to an activating group) is 1. The van der Waals surface area contributed by atoms with Crippen molar-refractivity contribution in [2.24, 2.45) is 0 Å². The molecule has 2 aromatic carbocycles. The molecule has 0 bridgehead atoms. The van der Waals surface area contributed by atoms with Gasteiger partial charge >= 0.3 is 0 Å². The predicted molar refractivity (Wildman–Crippen MR) is 110 cm³/mol. The minimum absolute atomic E-state index is 0.104. The van der Waals surface area contributed by atoms with Crippen molar-refractivity contribution in [2.45, 2.75) is 6.42 Å². The first-order chi connectivity index (χ1) is 13.9. The molecule has 1 aromatic heterocycles. The molecule has 0 aliphatic heterocycles. The first kappa shape index (κ1) is 20.5. The molecular formula is C21H20FN3O3S. The number of ether oxygens (including phenoxy) is 1. The van der Waals surface area contributed by atoms with Gasteiger partial charge in [-0.25, -0.2) is 9.37 Å². The third-order valence-electron chi connectivity index (χ3n) is 4.16. The highest BCUT2D eigenvalue weighted by Crippen LogP contribution is 2.26. The highest BCUT2D eigenvalue weighted by molar-refractivity contribution is 7.13. The summed E-state index contributed by atoms with van der Waals surface area (Å²) in [5, 5.41) is 5.28. The van der Waals surface area contributed by atoms with Crippen LogP contribution in [-0.2, 0) is 16.0 Å². The molecule has 0 aliphatic carbocycles. The molecule has 0 fully saturated rings. The SMILES string of the molecule is COc1ccc(-c2nc(CC(=O)N(C)CC(=O)Nc3ccc(F)cc3)cs2)cc1. The van der Waals surface area contributed by atoms with Gasteiger partial charge in [0, 0.05) is 23.7 Å². The molecule has 0 saturated heterocycles. The summed E-state index contributed by atoms with van der Waals surface area (Å²) in [6.45, 7) is -0.105. The Morgan fingerprint density at radius 3 is 2.48 bits per heavy atom. The van der Waals surface area contributed by atoms with Crippen molar-refractivity contribution in [3.05, 3.63) is 65.4 Å². The summed E-state index contributed by atoms with van der Waals surface area (Å²) in [6.07, 6.45) is 0.104. The van der Waals surface area contributed by atoms with Gasteiger partial charge in [-0.15, -0.1) is 11.3 Å². The van der Waals surface area contributed by atoms with E-state index in [2.05, 4.69) is 10.3 Å². The van der Waals surface area contributed by atoms with E-state index < -0.39 is 0 Å². The molecule has 6 nitrogen and oxygen atoms in total. The van der Waals surface area contributed by atoms with E-state index in [1.54, 1.807) is 14.2 Å². The van der Waals surface area contributed by atoms with Gasteiger partial charge in [-0.05, 0) is 48.5 Å². The zero-order chi connectivity index (χ0) is 20.8. The number of methoxy groups -OCH3 is 1. The van der Waals surface area contributed by atoms with Crippen LogP contribution in [0.5, 0.6) is 5.75 Å². The van der Waals surface area contributed by atoms with E-state index in [0.29, 0.717) is 11.4 Å². The number of nitrogens with zero attached hydrogens (tertiary/aromatic N) is 2. The Bertz CT molecular complexity index is 987. The van der Waals surface area contributed by atoms with Crippen LogP contribution in [0.1, 0.15) is 5.69 Å². The lowest BCUT2D eigenvalue weighted by Crippen LogP contribution is -2.35. The molecule has 0 unspecified atom stereocenters. The summed E-state index contributed by atoms with van der Waals surface area (Å²) in [5.41, 5.74) is 2.07. The minimum atomic E-state index is -0.382. The Hall–Kier alpha value is -3.26. The topological polar surface area (TPSA) is 71.5 Å². The Labute approximate surface area is 172 Å². The van der Waals surface area contributed by atoms with Crippen molar-refractivity contribution in [3.8, 4) is 16.3 Å². The van der Waals surface area contributed by atoms with Gasteiger partial charge < -0.3 is 15.0 Å². The molecule has 0 spiro atoms. The van der Waals surface area contributed by atoms with Gasteiger partial charge in [-0.3, -0.25) is 9.59 Å². The van der Waals surface area contributed by atoms with Gasteiger partial charge in [0.15, 0.2) is 0 Å². The zero-order valence-corrected chi connectivity index (χ0v) is 16.8. The van der Waals surface area contributed by atoms with E-state index in [1.165, 1.54) is 40.5 Å². The number of amides is 2. The second-order valence-electron chi connectivity index (χ2n) is 6.35. The van der Waals surface area contributed by atoms with Crippen molar-refractivity contribution in [1.82, 2.24) is 9.88 Å². The van der Waals surface area contributed by atoms with E-state index in [1.807, 2.05) is 29.6 Å². The molecule has 0 aliphatic rings. The molecule has 3 rings (SSSR count). The summed E-state index contributed by atoms with van der Waals surface area (Å²) < 4.78 is 18.1. The van der Waals surface area contributed by atoms with E-state index in [0.717, 1.165) is 16.3 Å². The molecular weight excluding hydrogens is 393 g/mol. The smallest absolute Gasteiger partial charge is 0.243 e. The molecule has 0 saturated carbocycles. The fourth-order valence-corrected chi connectivity index (χ4v) is 3.41. The van der Waals surface area contributed by atoms with Crippen LogP contribution in [0, 0.1) is 5.82 Å². The summed E-state index contributed by atoms with van der Waals surface area (Å²) >= 11 is 1.45. The van der Waals surface area contributed by atoms with Gasteiger partial charge in [0.05, 0.1) is 25.8 Å². The van der Waals surface area contributed by atoms with Crippen LogP contribution < -0.4 is 10.1 Å². The largest absolute Gasteiger partial charge is 0.497 e. The normalized spacial score (nSPS) is 10.4. The van der Waals surface area contributed by atoms with Crippen molar-refractivity contribution < 1.29 is 18.7 Å². The molecule has 3 aromatic rings. The lowest BCUT2D eigenvalue weighted by Gasteiger charge is -2.16. The maximum absolute atomic E-state index is 12.9. The van der Waals surface area contributed by atoms with Gasteiger partial charge in [0.2, 0.25) is 11.8 Å². The average molecular weight is 413 g/mol. The van der Waals surface area contributed by atoms with Gasteiger partial charge in [0.25, 0.3) is 0 Å². The van der Waals surface area contributed by atoms with Gasteiger partial charge in [-0.1, -0.05) is 0 Å². The van der Waals surface area contributed by atoms with Crippen LogP contribution in [0.2, 0.25) is 0 Å². The predicted octanol–water partition coefficient (Wildman–Crippen LogP) is 3.60. The standard InChI is InChI=1S/C21H20FN3O3S/c1-25(12-19(26)23-16-7-5-15(22)6-8-16)20(27)11-17-13-29-21(24-17)14-3-9-18(28-2)10-4-14/h3-10,13H,11-12H2,1-2H3,(H,23,26). The quantitative estimate of drug-likeness (QED) is 0.643. The second-order valence-corrected chi connectivity index (χ2v) is 7.21. The number of aromatic nitrogens is 1. The number of nitrogens with one attached hydrogen (secondary N) is 1. The van der Waals surface area contributed by atoms with Gasteiger partial charge in [-0.2, -0.15) is 0 Å². The fraction of sp³-hybridized carbons (Fsp3) is 0.190. The highest BCUT2D eigenvalue weighted by atomic mass is 32.1. The van der Waals surface area contributed by atoms with Crippen LogP contribution in [0.15, 0.2) is 53.9 Å². The van der Waals surface area contributed by atoms with Crippen LogP contribution in [-0.4, -0.2) is 42.4 Å². The number of hydrogen-bond donors (Lipinski definition) is 1. The highest BCUT2D eigenvalue weighted by Gasteiger charge is 2.16. The molecule has 8 heteroatoms. The molecule has 150 valence electrons. The maximum atomic E-state index is 12.9. The Balaban J connectivity index is 1.54. The van der Waals surface area contributed by atoms with E-state index in [9.17, 15) is 14.0 Å². The number of thiazole rings is 1. The van der Waals surface area contributed by atoms with Crippen LogP contribution in [0.3, 0.4) is 0 Å². The van der Waals surface area contributed by atoms with Crippen molar-refractivity contribution in [1.29, 1.82) is 0 Å². The molecule has 1 N–H and O–H groups in total. The summed E-state index contributed by atoms with van der Waals surface area (Å²) in [4.78, 5) is 30.3. The Morgan fingerprint density at radius 2 is 1.83 bits per heavy atom. The second kappa shape index (κ2) is 9.29. The molecule has 0 radical (unpaired) electrons. The summed E-state index contributed by atoms with van der Waals surface area (Å²) in [7, 11) is 3.17. The average Bonchev–Trinajstić information content (AvgIpc) is 3.18. The fourth-order valence-electron chi connectivity index (χ4n) is 2.58. The lowest BCUT2D eigenvalue weighted by molar-refractivity contribution is -0.132. The van der Waals surface area contributed by atoms with E-state index >= 15 is 0 Å². The van der Waals surface area contributed by atoms with Crippen LogP contribution >= 0.6 is 11.3 Å². The summed E-state index contributed by atoms with van der Waals surface area (Å²) in [5.74, 6) is -0.190. The van der Waals surface area contributed by atoms with Gasteiger partial charge in [0.1, 0.15) is 16.6 Å². The number of rotatable bonds is 7. The lowest BCUT2D eigenvalue weighted by atomic mass is 10.2. The molecule has 1 heterocycles. The first-order valence-corrected chi connectivity index (χ1v) is 9.71. The zero-order valence-electron chi connectivity index (χ0n) is 16.0. The van der Waals surface area contributed by atoms with Crippen molar-refractivity contribution in [2.75, 3.05) is 26.0 Å². The number of carbonyl (C=O) groups is 2. The van der Waals surface area contributed by atoms with Crippen molar-refractivity contribution >= 4 is 28.8 Å². The van der Waals surface area contributed by atoms with Crippen LogP contribution in [0.25, 0.3) is 10.6 Å². The Kier molecular flexibility index (Phi) is 6.56. The van der Waals surface area contributed by atoms with Crippen LogP contribution in [0.4, 0.5) is 10.1 Å².